The number of benzene rings is 2. The van der Waals surface area contributed by atoms with Gasteiger partial charge in [0.25, 0.3) is 0 Å². The summed E-state index contributed by atoms with van der Waals surface area (Å²) in [6, 6.07) is 12.7. The summed E-state index contributed by atoms with van der Waals surface area (Å²) in [5, 5.41) is 9.84. The molecule has 3 rings (SSSR count). The van der Waals surface area contributed by atoms with Crippen LogP contribution in [-0.4, -0.2) is 20.6 Å². The van der Waals surface area contributed by atoms with E-state index < -0.39 is 5.97 Å². The fraction of sp³-hybridized carbons (Fsp3) is 0.0667. The van der Waals surface area contributed by atoms with Crippen molar-refractivity contribution in [1.29, 1.82) is 0 Å². The minimum atomic E-state index is -0.974. The lowest BCUT2D eigenvalue weighted by Gasteiger charge is -2.06. The van der Waals surface area contributed by atoms with E-state index in [1.165, 1.54) is 0 Å². The first-order valence-corrected chi connectivity index (χ1v) is 6.45. The average Bonchev–Trinajstić information content (AvgIpc) is 2.84. The minimum absolute atomic E-state index is 0.209. The molecule has 100 valence electrons. The molecule has 2 aromatic carbocycles. The van der Waals surface area contributed by atoms with Crippen molar-refractivity contribution in [1.82, 2.24) is 9.55 Å². The standard InChI is InChI=1S/C15H11ClN2O2/c16-12-6-2-1-4-10(12)8-18-9-17-14-11(15(19)20)5-3-7-13(14)18/h1-7,9H,8H2,(H,19,20). The van der Waals surface area contributed by atoms with E-state index in [-0.39, 0.29) is 5.56 Å². The van der Waals surface area contributed by atoms with Gasteiger partial charge in [-0.25, -0.2) is 9.78 Å². The SMILES string of the molecule is O=C(O)c1cccc2c1ncn2Cc1ccccc1Cl. The lowest BCUT2D eigenvalue weighted by molar-refractivity contribution is 0.0699. The Morgan fingerprint density at radius 1 is 1.20 bits per heavy atom. The molecule has 0 bridgehead atoms. The Hall–Kier alpha value is -2.33. The number of fused-ring (bicyclic) bond motifs is 1. The lowest BCUT2D eigenvalue weighted by atomic mass is 10.2. The number of hydrogen-bond acceptors (Lipinski definition) is 2. The molecular weight excluding hydrogens is 276 g/mol. The van der Waals surface area contributed by atoms with Crippen LogP contribution in [0.2, 0.25) is 5.02 Å². The van der Waals surface area contributed by atoms with E-state index in [0.29, 0.717) is 17.1 Å². The van der Waals surface area contributed by atoms with Crippen molar-refractivity contribution < 1.29 is 9.90 Å². The number of carboxylic acids is 1. The second-order valence-electron chi connectivity index (χ2n) is 4.44. The van der Waals surface area contributed by atoms with Crippen LogP contribution in [0, 0.1) is 0 Å². The summed E-state index contributed by atoms with van der Waals surface area (Å²) in [5.41, 5.74) is 2.45. The van der Waals surface area contributed by atoms with Gasteiger partial charge in [-0.3, -0.25) is 0 Å². The molecule has 1 heterocycles. The fourth-order valence-electron chi connectivity index (χ4n) is 2.20. The molecule has 20 heavy (non-hydrogen) atoms. The van der Waals surface area contributed by atoms with Gasteiger partial charge in [-0.2, -0.15) is 0 Å². The molecule has 0 radical (unpaired) electrons. The first-order valence-electron chi connectivity index (χ1n) is 6.07. The van der Waals surface area contributed by atoms with Crippen LogP contribution in [-0.2, 0) is 6.54 Å². The zero-order valence-electron chi connectivity index (χ0n) is 10.5. The highest BCUT2D eigenvalue weighted by atomic mass is 35.5. The van der Waals surface area contributed by atoms with Gasteiger partial charge in [-0.15, -0.1) is 0 Å². The van der Waals surface area contributed by atoms with Crippen molar-refractivity contribution in [3.05, 3.63) is 64.9 Å². The van der Waals surface area contributed by atoms with Crippen LogP contribution < -0.4 is 0 Å². The third-order valence-corrected chi connectivity index (χ3v) is 3.55. The number of imidazole rings is 1. The van der Waals surface area contributed by atoms with Gasteiger partial charge in [0.2, 0.25) is 0 Å². The largest absolute Gasteiger partial charge is 0.478 e. The monoisotopic (exact) mass is 286 g/mol. The summed E-state index contributed by atoms with van der Waals surface area (Å²) in [7, 11) is 0. The fourth-order valence-corrected chi connectivity index (χ4v) is 2.39. The third-order valence-electron chi connectivity index (χ3n) is 3.18. The van der Waals surface area contributed by atoms with E-state index in [9.17, 15) is 4.79 Å². The molecular formula is C15H11ClN2O2. The van der Waals surface area contributed by atoms with Crippen molar-refractivity contribution in [2.75, 3.05) is 0 Å². The molecule has 3 aromatic rings. The second kappa shape index (κ2) is 4.98. The molecule has 5 heteroatoms. The highest BCUT2D eigenvalue weighted by Crippen LogP contribution is 2.21. The van der Waals surface area contributed by atoms with Crippen LogP contribution in [0.4, 0.5) is 0 Å². The van der Waals surface area contributed by atoms with E-state index in [1.807, 2.05) is 34.9 Å². The molecule has 4 nitrogen and oxygen atoms in total. The van der Waals surface area contributed by atoms with Crippen LogP contribution in [0.15, 0.2) is 48.8 Å². The Morgan fingerprint density at radius 2 is 2.00 bits per heavy atom. The number of hydrogen-bond donors (Lipinski definition) is 1. The molecule has 0 amide bonds. The van der Waals surface area contributed by atoms with Crippen LogP contribution in [0.5, 0.6) is 0 Å². The van der Waals surface area contributed by atoms with Gasteiger partial charge in [0, 0.05) is 5.02 Å². The first-order chi connectivity index (χ1) is 9.66. The van der Waals surface area contributed by atoms with Gasteiger partial charge in [0.05, 0.1) is 24.0 Å². The van der Waals surface area contributed by atoms with E-state index >= 15 is 0 Å². The van der Waals surface area contributed by atoms with Crippen molar-refractivity contribution in [2.24, 2.45) is 0 Å². The normalized spacial score (nSPS) is 10.8. The van der Waals surface area contributed by atoms with Crippen molar-refractivity contribution in [3.63, 3.8) is 0 Å². The highest BCUT2D eigenvalue weighted by molar-refractivity contribution is 6.31. The van der Waals surface area contributed by atoms with Gasteiger partial charge in [0.1, 0.15) is 5.52 Å². The maximum atomic E-state index is 11.2. The van der Waals surface area contributed by atoms with Gasteiger partial charge < -0.3 is 9.67 Å². The molecule has 1 aromatic heterocycles. The number of halogens is 1. The molecule has 0 unspecified atom stereocenters. The van der Waals surface area contributed by atoms with Crippen LogP contribution in [0.3, 0.4) is 0 Å². The van der Waals surface area contributed by atoms with E-state index in [2.05, 4.69) is 4.98 Å². The summed E-state index contributed by atoms with van der Waals surface area (Å²) in [6.45, 7) is 0.555. The average molecular weight is 287 g/mol. The van der Waals surface area contributed by atoms with E-state index in [0.717, 1.165) is 11.1 Å². The second-order valence-corrected chi connectivity index (χ2v) is 4.85. The van der Waals surface area contributed by atoms with Gasteiger partial charge in [0.15, 0.2) is 0 Å². The Morgan fingerprint density at radius 3 is 2.75 bits per heavy atom. The predicted molar refractivity (Wildman–Crippen MR) is 77.2 cm³/mol. The molecule has 0 saturated heterocycles. The number of aromatic carboxylic acids is 1. The molecule has 0 fully saturated rings. The maximum absolute atomic E-state index is 11.2. The molecule has 0 atom stereocenters. The molecule has 0 saturated carbocycles. The first kappa shape index (κ1) is 12.7. The van der Waals surface area contributed by atoms with Crippen LogP contribution in [0.25, 0.3) is 11.0 Å². The highest BCUT2D eigenvalue weighted by Gasteiger charge is 2.12. The lowest BCUT2D eigenvalue weighted by Crippen LogP contribution is -2.00. The Labute approximate surface area is 120 Å². The number of para-hydroxylation sites is 1. The summed E-state index contributed by atoms with van der Waals surface area (Å²) >= 11 is 6.15. The third kappa shape index (κ3) is 2.14. The van der Waals surface area contributed by atoms with Crippen molar-refractivity contribution >= 4 is 28.6 Å². The predicted octanol–water partition coefficient (Wildman–Crippen LogP) is 3.44. The van der Waals surface area contributed by atoms with Gasteiger partial charge >= 0.3 is 5.97 Å². The topological polar surface area (TPSA) is 55.1 Å². The summed E-state index contributed by atoms with van der Waals surface area (Å²) < 4.78 is 1.89. The van der Waals surface area contributed by atoms with Gasteiger partial charge in [-0.1, -0.05) is 35.9 Å². The number of aromatic nitrogens is 2. The molecule has 0 aliphatic carbocycles. The van der Waals surface area contributed by atoms with Crippen LogP contribution in [0.1, 0.15) is 15.9 Å². The van der Waals surface area contributed by atoms with Gasteiger partial charge in [-0.05, 0) is 23.8 Å². The summed E-state index contributed by atoms with van der Waals surface area (Å²) in [5.74, 6) is -0.974. The minimum Gasteiger partial charge on any atom is -0.478 e. The molecule has 0 spiro atoms. The number of nitrogens with zero attached hydrogens (tertiary/aromatic N) is 2. The van der Waals surface area contributed by atoms with Crippen molar-refractivity contribution in [2.45, 2.75) is 6.54 Å². The number of carbonyl (C=O) groups is 1. The van der Waals surface area contributed by atoms with Crippen molar-refractivity contribution in [3.8, 4) is 0 Å². The van der Waals surface area contributed by atoms with E-state index in [4.69, 9.17) is 16.7 Å². The molecule has 0 aliphatic rings. The van der Waals surface area contributed by atoms with Crippen LogP contribution >= 0.6 is 11.6 Å². The summed E-state index contributed by atoms with van der Waals surface area (Å²) in [6.07, 6.45) is 1.64. The Bertz CT molecular complexity index is 795. The Kier molecular flexibility index (Phi) is 3.16. The summed E-state index contributed by atoms with van der Waals surface area (Å²) in [4.78, 5) is 15.4. The zero-order valence-corrected chi connectivity index (χ0v) is 11.2. The number of rotatable bonds is 3. The maximum Gasteiger partial charge on any atom is 0.337 e. The van der Waals surface area contributed by atoms with E-state index in [1.54, 1.807) is 18.5 Å². The molecule has 0 aliphatic heterocycles. The quantitative estimate of drug-likeness (QED) is 0.802. The number of carboxylic acid groups (broad SMARTS) is 1. The Balaban J connectivity index is 2.08. The smallest absolute Gasteiger partial charge is 0.337 e. The zero-order chi connectivity index (χ0) is 14.1. The molecule has 1 N–H and O–H groups in total.